The standard InChI is InChI=1S/C15H20N2O3/c1-10(2)20-9-15(19)16-6-5-11-8-17-14-4-3-12(18)7-13(11)14/h3-4,7-8,10,17-18H,5-6,9H2,1-2H3,(H,16,19). The Morgan fingerprint density at radius 3 is 3.00 bits per heavy atom. The molecule has 0 spiro atoms. The fourth-order valence-electron chi connectivity index (χ4n) is 2.00. The van der Waals surface area contributed by atoms with Crippen LogP contribution < -0.4 is 5.32 Å². The molecule has 1 heterocycles. The Kier molecular flexibility index (Phi) is 4.63. The number of benzene rings is 1. The van der Waals surface area contributed by atoms with Crippen molar-refractivity contribution in [2.75, 3.05) is 13.2 Å². The van der Waals surface area contributed by atoms with Crippen LogP contribution in [0.4, 0.5) is 0 Å². The van der Waals surface area contributed by atoms with Crippen LogP contribution in [0.25, 0.3) is 10.9 Å². The van der Waals surface area contributed by atoms with Crippen molar-refractivity contribution in [3.05, 3.63) is 30.0 Å². The van der Waals surface area contributed by atoms with Crippen molar-refractivity contribution < 1.29 is 14.6 Å². The van der Waals surface area contributed by atoms with E-state index >= 15 is 0 Å². The number of rotatable bonds is 6. The topological polar surface area (TPSA) is 74.3 Å². The summed E-state index contributed by atoms with van der Waals surface area (Å²) in [5.74, 6) is 0.133. The highest BCUT2D eigenvalue weighted by molar-refractivity contribution is 5.84. The van der Waals surface area contributed by atoms with E-state index in [4.69, 9.17) is 4.74 Å². The number of aromatic hydroxyl groups is 1. The maximum Gasteiger partial charge on any atom is 0.246 e. The van der Waals surface area contributed by atoms with Gasteiger partial charge in [-0.05, 0) is 44.0 Å². The number of nitrogens with one attached hydrogen (secondary N) is 2. The summed E-state index contributed by atoms with van der Waals surface area (Å²) in [6.07, 6.45) is 2.66. The van der Waals surface area contributed by atoms with Gasteiger partial charge in [0.2, 0.25) is 5.91 Å². The van der Waals surface area contributed by atoms with Gasteiger partial charge in [-0.25, -0.2) is 0 Å². The monoisotopic (exact) mass is 276 g/mol. The Morgan fingerprint density at radius 2 is 2.25 bits per heavy atom. The molecule has 3 N–H and O–H groups in total. The molecule has 5 nitrogen and oxygen atoms in total. The molecule has 1 aromatic carbocycles. The lowest BCUT2D eigenvalue weighted by atomic mass is 10.1. The van der Waals surface area contributed by atoms with Crippen molar-refractivity contribution >= 4 is 16.8 Å². The number of fused-ring (bicyclic) bond motifs is 1. The van der Waals surface area contributed by atoms with Gasteiger partial charge in [0.15, 0.2) is 0 Å². The molecule has 108 valence electrons. The number of carbonyl (C=O) groups excluding carboxylic acids is 1. The number of aromatic nitrogens is 1. The highest BCUT2D eigenvalue weighted by Crippen LogP contribution is 2.22. The van der Waals surface area contributed by atoms with Gasteiger partial charge in [0.05, 0.1) is 6.10 Å². The van der Waals surface area contributed by atoms with Crippen molar-refractivity contribution in [1.29, 1.82) is 0 Å². The molecule has 20 heavy (non-hydrogen) atoms. The molecule has 0 saturated heterocycles. The largest absolute Gasteiger partial charge is 0.508 e. The zero-order valence-electron chi connectivity index (χ0n) is 11.8. The number of aromatic amines is 1. The molecule has 0 saturated carbocycles. The van der Waals surface area contributed by atoms with Gasteiger partial charge in [-0.1, -0.05) is 0 Å². The van der Waals surface area contributed by atoms with Crippen molar-refractivity contribution in [3.63, 3.8) is 0 Å². The minimum atomic E-state index is -0.110. The zero-order chi connectivity index (χ0) is 14.5. The summed E-state index contributed by atoms with van der Waals surface area (Å²) in [7, 11) is 0. The molecule has 0 aliphatic carbocycles. The third-order valence-electron chi connectivity index (χ3n) is 3.02. The summed E-state index contributed by atoms with van der Waals surface area (Å²) >= 11 is 0. The molecular formula is C15H20N2O3. The third-order valence-corrected chi connectivity index (χ3v) is 3.02. The lowest BCUT2D eigenvalue weighted by Crippen LogP contribution is -2.30. The SMILES string of the molecule is CC(C)OCC(=O)NCCc1c[nH]c2ccc(O)cc12. The van der Waals surface area contributed by atoms with Crippen LogP contribution in [0, 0.1) is 0 Å². The average Bonchev–Trinajstić information content (AvgIpc) is 2.79. The Balaban J connectivity index is 1.87. The van der Waals surface area contributed by atoms with Gasteiger partial charge in [-0.2, -0.15) is 0 Å². The van der Waals surface area contributed by atoms with Gasteiger partial charge in [0.25, 0.3) is 0 Å². The summed E-state index contributed by atoms with van der Waals surface area (Å²) in [5, 5.41) is 13.3. The molecule has 1 aromatic heterocycles. The second kappa shape index (κ2) is 6.43. The number of phenols is 1. The van der Waals surface area contributed by atoms with Gasteiger partial charge in [-0.15, -0.1) is 0 Å². The lowest BCUT2D eigenvalue weighted by molar-refractivity contribution is -0.127. The molecule has 0 bridgehead atoms. The fraction of sp³-hybridized carbons (Fsp3) is 0.400. The normalized spacial score (nSPS) is 11.2. The van der Waals surface area contributed by atoms with E-state index in [2.05, 4.69) is 10.3 Å². The van der Waals surface area contributed by atoms with Crippen LogP contribution in [-0.4, -0.2) is 35.3 Å². The van der Waals surface area contributed by atoms with Gasteiger partial charge in [-0.3, -0.25) is 4.79 Å². The zero-order valence-corrected chi connectivity index (χ0v) is 11.8. The van der Waals surface area contributed by atoms with Gasteiger partial charge < -0.3 is 20.1 Å². The first kappa shape index (κ1) is 14.4. The van der Waals surface area contributed by atoms with Gasteiger partial charge in [0, 0.05) is 23.6 Å². The number of hydrogen-bond acceptors (Lipinski definition) is 3. The Morgan fingerprint density at radius 1 is 1.45 bits per heavy atom. The highest BCUT2D eigenvalue weighted by atomic mass is 16.5. The fourth-order valence-corrected chi connectivity index (χ4v) is 2.00. The Bertz CT molecular complexity index is 590. The molecule has 0 aliphatic rings. The summed E-state index contributed by atoms with van der Waals surface area (Å²) in [4.78, 5) is 14.7. The Hall–Kier alpha value is -2.01. The summed E-state index contributed by atoms with van der Waals surface area (Å²) in [6, 6.07) is 5.21. The van der Waals surface area contributed by atoms with E-state index in [-0.39, 0.29) is 24.4 Å². The molecule has 0 fully saturated rings. The van der Waals surface area contributed by atoms with E-state index in [1.165, 1.54) is 0 Å². The summed E-state index contributed by atoms with van der Waals surface area (Å²) < 4.78 is 5.23. The van der Waals surface area contributed by atoms with Crippen molar-refractivity contribution in [2.45, 2.75) is 26.4 Å². The third kappa shape index (κ3) is 3.74. The van der Waals surface area contributed by atoms with E-state index in [1.54, 1.807) is 12.1 Å². The number of hydrogen-bond donors (Lipinski definition) is 3. The maximum absolute atomic E-state index is 11.5. The number of phenolic OH excluding ortho intramolecular Hbond substituents is 1. The minimum absolute atomic E-state index is 0.0531. The Labute approximate surface area is 117 Å². The van der Waals surface area contributed by atoms with Crippen LogP contribution in [0.15, 0.2) is 24.4 Å². The second-order valence-electron chi connectivity index (χ2n) is 5.00. The van der Waals surface area contributed by atoms with E-state index in [0.29, 0.717) is 13.0 Å². The van der Waals surface area contributed by atoms with Gasteiger partial charge in [0.1, 0.15) is 12.4 Å². The first-order valence-corrected chi connectivity index (χ1v) is 6.73. The number of amides is 1. The molecule has 1 amide bonds. The molecule has 0 atom stereocenters. The molecule has 0 aliphatic heterocycles. The van der Waals surface area contributed by atoms with Crippen molar-refractivity contribution in [2.24, 2.45) is 0 Å². The lowest BCUT2D eigenvalue weighted by Gasteiger charge is -2.08. The van der Waals surface area contributed by atoms with Crippen LogP contribution in [0.5, 0.6) is 5.75 Å². The van der Waals surface area contributed by atoms with E-state index < -0.39 is 0 Å². The molecule has 0 radical (unpaired) electrons. The summed E-state index contributed by atoms with van der Waals surface area (Å²) in [5.41, 5.74) is 2.05. The average molecular weight is 276 g/mol. The van der Waals surface area contributed by atoms with Crippen molar-refractivity contribution in [1.82, 2.24) is 10.3 Å². The van der Waals surface area contributed by atoms with Gasteiger partial charge >= 0.3 is 0 Å². The van der Waals surface area contributed by atoms with E-state index in [1.807, 2.05) is 26.1 Å². The predicted octanol–water partition coefficient (Wildman–Crippen LogP) is 1.96. The van der Waals surface area contributed by atoms with Crippen LogP contribution in [0.3, 0.4) is 0 Å². The minimum Gasteiger partial charge on any atom is -0.508 e. The number of carbonyl (C=O) groups is 1. The molecule has 2 rings (SSSR count). The number of H-pyrrole nitrogens is 1. The van der Waals surface area contributed by atoms with E-state index in [0.717, 1.165) is 16.5 Å². The van der Waals surface area contributed by atoms with E-state index in [9.17, 15) is 9.90 Å². The summed E-state index contributed by atoms with van der Waals surface area (Å²) in [6.45, 7) is 4.42. The molecule has 0 unspecified atom stereocenters. The van der Waals surface area contributed by atoms with Crippen LogP contribution in [0.2, 0.25) is 0 Å². The van der Waals surface area contributed by atoms with Crippen LogP contribution in [-0.2, 0) is 16.0 Å². The molecule has 5 heteroatoms. The molecule has 2 aromatic rings. The number of ether oxygens (including phenoxy) is 1. The predicted molar refractivity (Wildman–Crippen MR) is 77.8 cm³/mol. The molecular weight excluding hydrogens is 256 g/mol. The first-order chi connectivity index (χ1) is 9.56. The quantitative estimate of drug-likeness (QED) is 0.755. The van der Waals surface area contributed by atoms with Crippen molar-refractivity contribution in [3.8, 4) is 5.75 Å². The van der Waals surface area contributed by atoms with Crippen LogP contribution in [0.1, 0.15) is 19.4 Å². The smallest absolute Gasteiger partial charge is 0.246 e. The maximum atomic E-state index is 11.5. The second-order valence-corrected chi connectivity index (χ2v) is 5.00. The highest BCUT2D eigenvalue weighted by Gasteiger charge is 2.06. The van der Waals surface area contributed by atoms with Crippen LogP contribution >= 0.6 is 0 Å². The first-order valence-electron chi connectivity index (χ1n) is 6.73.